The van der Waals surface area contributed by atoms with E-state index in [4.69, 9.17) is 9.47 Å². The molecule has 1 unspecified atom stereocenters. The number of morpholine rings is 1. The van der Waals surface area contributed by atoms with E-state index in [0.717, 1.165) is 81.2 Å². The molecule has 1 atom stereocenters. The first kappa shape index (κ1) is 20.5. The number of amides is 1. The maximum absolute atomic E-state index is 13.0. The van der Waals surface area contributed by atoms with Crippen molar-refractivity contribution < 1.29 is 14.3 Å². The summed E-state index contributed by atoms with van der Waals surface area (Å²) in [5, 5.41) is 3.42. The van der Waals surface area contributed by atoms with Crippen LogP contribution in [0, 0.1) is 0 Å². The zero-order valence-electron chi connectivity index (χ0n) is 18.0. The number of fused-ring (bicyclic) bond motifs is 1. The molecule has 2 aromatic carbocycles. The summed E-state index contributed by atoms with van der Waals surface area (Å²) >= 11 is 0. The molecule has 164 valence electrons. The molecule has 2 fully saturated rings. The van der Waals surface area contributed by atoms with E-state index in [9.17, 15) is 4.79 Å². The second-order valence-corrected chi connectivity index (χ2v) is 8.71. The summed E-state index contributed by atoms with van der Waals surface area (Å²) in [5.41, 5.74) is 4.28. The maximum Gasteiger partial charge on any atom is 0.254 e. The minimum absolute atomic E-state index is 0.140. The molecule has 1 amide bonds. The second kappa shape index (κ2) is 9.39. The van der Waals surface area contributed by atoms with Crippen LogP contribution < -0.4 is 10.1 Å². The average molecular weight is 422 g/mol. The molecule has 5 rings (SSSR count). The van der Waals surface area contributed by atoms with Gasteiger partial charge in [-0.05, 0) is 42.6 Å². The van der Waals surface area contributed by atoms with Crippen molar-refractivity contribution in [3.8, 4) is 5.75 Å². The Hall–Kier alpha value is -2.41. The van der Waals surface area contributed by atoms with E-state index in [2.05, 4.69) is 34.5 Å². The van der Waals surface area contributed by atoms with Gasteiger partial charge in [0.15, 0.2) is 0 Å². The van der Waals surface area contributed by atoms with Crippen molar-refractivity contribution in [1.82, 2.24) is 15.1 Å². The zero-order chi connectivity index (χ0) is 21.0. The van der Waals surface area contributed by atoms with Crippen molar-refractivity contribution in [2.75, 3.05) is 39.4 Å². The minimum Gasteiger partial charge on any atom is -0.489 e. The lowest BCUT2D eigenvalue weighted by Crippen LogP contribution is -2.46. The lowest BCUT2D eigenvalue weighted by molar-refractivity contribution is 0.0342. The molecule has 31 heavy (non-hydrogen) atoms. The number of nitrogens with zero attached hydrogens (tertiary/aromatic N) is 2. The molecule has 1 N–H and O–H groups in total. The van der Waals surface area contributed by atoms with Gasteiger partial charge in [-0.15, -0.1) is 0 Å². The van der Waals surface area contributed by atoms with Crippen LogP contribution >= 0.6 is 0 Å². The smallest absolute Gasteiger partial charge is 0.254 e. The SMILES string of the molecule is O=C1c2cccc(OCc3ccc(CN4CCOCC4)cc3)c2CN1C1CCCNC1. The summed E-state index contributed by atoms with van der Waals surface area (Å²) in [5.74, 6) is 0.969. The van der Waals surface area contributed by atoms with Gasteiger partial charge in [-0.3, -0.25) is 9.69 Å². The van der Waals surface area contributed by atoms with E-state index in [0.29, 0.717) is 13.2 Å². The third-order valence-corrected chi connectivity index (χ3v) is 6.59. The molecule has 2 saturated heterocycles. The minimum atomic E-state index is 0.140. The van der Waals surface area contributed by atoms with Gasteiger partial charge in [0.2, 0.25) is 0 Å². The molecule has 0 spiro atoms. The quantitative estimate of drug-likeness (QED) is 0.777. The van der Waals surface area contributed by atoms with Crippen LogP contribution in [0.4, 0.5) is 0 Å². The van der Waals surface area contributed by atoms with Crippen molar-refractivity contribution >= 4 is 5.91 Å². The molecular weight excluding hydrogens is 390 g/mol. The predicted octanol–water partition coefficient (Wildman–Crippen LogP) is 2.81. The van der Waals surface area contributed by atoms with Gasteiger partial charge in [-0.2, -0.15) is 0 Å². The van der Waals surface area contributed by atoms with Crippen LogP contribution in [-0.4, -0.2) is 61.1 Å². The van der Waals surface area contributed by atoms with Crippen LogP contribution in [0.1, 0.15) is 39.9 Å². The topological polar surface area (TPSA) is 54.0 Å². The summed E-state index contributed by atoms with van der Waals surface area (Å²) in [6.07, 6.45) is 2.19. The molecule has 2 aromatic rings. The van der Waals surface area contributed by atoms with Gasteiger partial charge >= 0.3 is 0 Å². The van der Waals surface area contributed by atoms with Crippen LogP contribution in [0.5, 0.6) is 5.75 Å². The number of hydrogen-bond donors (Lipinski definition) is 1. The molecule has 0 saturated carbocycles. The molecule has 0 aromatic heterocycles. The van der Waals surface area contributed by atoms with Crippen molar-refractivity contribution in [3.63, 3.8) is 0 Å². The summed E-state index contributed by atoms with van der Waals surface area (Å²) < 4.78 is 11.6. The highest BCUT2D eigenvalue weighted by molar-refractivity contribution is 5.99. The fourth-order valence-electron chi connectivity index (χ4n) is 4.78. The number of carbonyl (C=O) groups is 1. The summed E-state index contributed by atoms with van der Waals surface area (Å²) in [6, 6.07) is 14.8. The number of benzene rings is 2. The first-order chi connectivity index (χ1) is 15.3. The number of carbonyl (C=O) groups excluding carboxylic acids is 1. The van der Waals surface area contributed by atoms with Gasteiger partial charge in [-0.1, -0.05) is 30.3 Å². The maximum atomic E-state index is 13.0. The average Bonchev–Trinajstić information content (AvgIpc) is 3.17. The van der Waals surface area contributed by atoms with Crippen molar-refractivity contribution in [2.24, 2.45) is 0 Å². The Morgan fingerprint density at radius 1 is 1.06 bits per heavy atom. The number of ether oxygens (including phenoxy) is 2. The normalized spacial score (nSPS) is 21.9. The van der Waals surface area contributed by atoms with Gasteiger partial charge < -0.3 is 19.7 Å². The molecule has 3 aliphatic heterocycles. The van der Waals surface area contributed by atoms with Gasteiger partial charge in [0.1, 0.15) is 12.4 Å². The van der Waals surface area contributed by atoms with Crippen molar-refractivity contribution in [3.05, 3.63) is 64.7 Å². The molecule has 3 aliphatic rings. The van der Waals surface area contributed by atoms with E-state index >= 15 is 0 Å². The van der Waals surface area contributed by atoms with Gasteiger partial charge in [0.05, 0.1) is 19.8 Å². The monoisotopic (exact) mass is 421 g/mol. The number of nitrogens with one attached hydrogen (secondary N) is 1. The number of rotatable bonds is 6. The summed E-state index contributed by atoms with van der Waals surface area (Å²) in [6.45, 7) is 7.69. The third-order valence-electron chi connectivity index (χ3n) is 6.59. The fraction of sp³-hybridized carbons (Fsp3) is 0.480. The zero-order valence-corrected chi connectivity index (χ0v) is 18.0. The van der Waals surface area contributed by atoms with Crippen LogP contribution in [-0.2, 0) is 24.4 Å². The van der Waals surface area contributed by atoms with Crippen molar-refractivity contribution in [1.29, 1.82) is 0 Å². The highest BCUT2D eigenvalue weighted by Gasteiger charge is 2.35. The molecule has 0 bridgehead atoms. The van der Waals surface area contributed by atoms with E-state index in [1.54, 1.807) is 0 Å². The van der Waals surface area contributed by atoms with E-state index in [-0.39, 0.29) is 11.9 Å². The lowest BCUT2D eigenvalue weighted by atomic mass is 10.1. The summed E-state index contributed by atoms with van der Waals surface area (Å²) in [7, 11) is 0. The van der Waals surface area contributed by atoms with Gasteiger partial charge in [0, 0.05) is 43.3 Å². The molecule has 6 nitrogen and oxygen atoms in total. The highest BCUT2D eigenvalue weighted by atomic mass is 16.5. The summed E-state index contributed by atoms with van der Waals surface area (Å²) in [4.78, 5) is 17.4. The van der Waals surface area contributed by atoms with E-state index in [1.165, 1.54) is 5.56 Å². The first-order valence-corrected chi connectivity index (χ1v) is 11.4. The van der Waals surface area contributed by atoms with Gasteiger partial charge in [-0.25, -0.2) is 0 Å². The highest BCUT2D eigenvalue weighted by Crippen LogP contribution is 2.33. The van der Waals surface area contributed by atoms with E-state index < -0.39 is 0 Å². The molecular formula is C25H31N3O3. The Morgan fingerprint density at radius 2 is 1.87 bits per heavy atom. The Balaban J connectivity index is 1.21. The van der Waals surface area contributed by atoms with Crippen LogP contribution in [0.25, 0.3) is 0 Å². The molecule has 0 radical (unpaired) electrons. The Bertz CT molecular complexity index is 903. The molecule has 0 aliphatic carbocycles. The second-order valence-electron chi connectivity index (χ2n) is 8.71. The fourth-order valence-corrected chi connectivity index (χ4v) is 4.78. The van der Waals surface area contributed by atoms with Crippen molar-refractivity contribution in [2.45, 2.75) is 38.6 Å². The lowest BCUT2D eigenvalue weighted by Gasteiger charge is -2.31. The first-order valence-electron chi connectivity index (χ1n) is 11.4. The molecule has 6 heteroatoms. The molecule has 3 heterocycles. The van der Waals surface area contributed by atoms with Crippen LogP contribution in [0.2, 0.25) is 0 Å². The predicted molar refractivity (Wildman–Crippen MR) is 119 cm³/mol. The standard InChI is InChI=1S/C25H31N3O3/c29-25-22-4-1-5-24(23(22)17-28(25)21-3-2-10-26-15-21)31-18-20-8-6-19(7-9-20)16-27-11-13-30-14-12-27/h1,4-9,21,26H,2-3,10-18H2. The Kier molecular flexibility index (Phi) is 6.20. The van der Waals surface area contributed by atoms with Gasteiger partial charge in [0.25, 0.3) is 5.91 Å². The Labute approximate surface area is 184 Å². The third kappa shape index (κ3) is 4.61. The van der Waals surface area contributed by atoms with E-state index in [1.807, 2.05) is 23.1 Å². The number of hydrogen-bond acceptors (Lipinski definition) is 5. The Morgan fingerprint density at radius 3 is 2.65 bits per heavy atom. The van der Waals surface area contributed by atoms with Crippen LogP contribution in [0.3, 0.4) is 0 Å². The van der Waals surface area contributed by atoms with Crippen LogP contribution in [0.15, 0.2) is 42.5 Å². The number of piperidine rings is 1. The largest absolute Gasteiger partial charge is 0.489 e.